The predicted molar refractivity (Wildman–Crippen MR) is 125 cm³/mol. The molecule has 1 atom stereocenters. The lowest BCUT2D eigenvalue weighted by Gasteiger charge is -2.09. The fourth-order valence-electron chi connectivity index (χ4n) is 3.37. The second-order valence-electron chi connectivity index (χ2n) is 7.79. The first-order valence-electron chi connectivity index (χ1n) is 10.4. The average molecular weight is 450 g/mol. The summed E-state index contributed by atoms with van der Waals surface area (Å²) < 4.78 is 3.10. The quantitative estimate of drug-likeness (QED) is 0.393. The molecule has 4 aromatic rings. The van der Waals surface area contributed by atoms with Crippen LogP contribution in [0.3, 0.4) is 0 Å². The molecule has 0 bridgehead atoms. The van der Waals surface area contributed by atoms with Crippen LogP contribution in [0, 0.1) is 0 Å². The van der Waals surface area contributed by atoms with E-state index in [0.29, 0.717) is 23.4 Å². The second-order valence-corrected chi connectivity index (χ2v) is 9.79. The van der Waals surface area contributed by atoms with Gasteiger partial charge in [0, 0.05) is 18.4 Å². The number of hydrogen-bond donors (Lipinski definition) is 1. The molecule has 2 aromatic carbocycles. The summed E-state index contributed by atoms with van der Waals surface area (Å²) in [6.07, 6.45) is 2.31. The molecule has 1 saturated carbocycles. The van der Waals surface area contributed by atoms with Crippen molar-refractivity contribution in [3.63, 3.8) is 0 Å². The minimum Gasteiger partial charge on any atom is -0.355 e. The van der Waals surface area contributed by atoms with Crippen molar-refractivity contribution >= 4 is 39.2 Å². The molecule has 0 radical (unpaired) electrons. The molecule has 1 amide bonds. The minimum atomic E-state index is -0.0120. The van der Waals surface area contributed by atoms with Crippen molar-refractivity contribution in [3.05, 3.63) is 65.4 Å². The highest BCUT2D eigenvalue weighted by Crippen LogP contribution is 2.40. The van der Waals surface area contributed by atoms with Gasteiger partial charge in [0.25, 0.3) is 0 Å². The van der Waals surface area contributed by atoms with Crippen LogP contribution in [-0.2, 0) is 4.79 Å². The second kappa shape index (κ2) is 8.80. The number of nitrogens with zero attached hydrogens (tertiary/aromatic N) is 4. The highest BCUT2D eigenvalue weighted by atomic mass is 32.2. The van der Waals surface area contributed by atoms with Gasteiger partial charge in [0.2, 0.25) is 11.1 Å². The van der Waals surface area contributed by atoms with E-state index in [4.69, 9.17) is 4.98 Å². The van der Waals surface area contributed by atoms with E-state index in [1.165, 1.54) is 16.5 Å². The Morgan fingerprint density at radius 3 is 2.71 bits per heavy atom. The standard InChI is InChI=1S/C23H23N5OS2/c1-15(22-25-18-9-5-6-10-19(18)31-22)13-24-20(29)14-30-23-26-21(16-11-12-16)28(27-23)17-7-3-2-4-8-17/h2-10,15-16H,11-14H2,1H3,(H,24,29). The van der Waals surface area contributed by atoms with Gasteiger partial charge in [-0.15, -0.1) is 16.4 Å². The molecular weight excluding hydrogens is 426 g/mol. The van der Waals surface area contributed by atoms with Gasteiger partial charge in [0.05, 0.1) is 26.7 Å². The maximum atomic E-state index is 12.4. The van der Waals surface area contributed by atoms with Gasteiger partial charge in [0.15, 0.2) is 0 Å². The number of hydrogen-bond acceptors (Lipinski definition) is 6. The van der Waals surface area contributed by atoms with Crippen molar-refractivity contribution in [2.45, 2.75) is 36.8 Å². The highest BCUT2D eigenvalue weighted by molar-refractivity contribution is 7.99. The van der Waals surface area contributed by atoms with Crippen molar-refractivity contribution in [1.29, 1.82) is 0 Å². The minimum absolute atomic E-state index is 0.0120. The molecule has 1 fully saturated rings. The third kappa shape index (κ3) is 4.65. The molecule has 1 N–H and O–H groups in total. The Labute approximate surface area is 189 Å². The number of aromatic nitrogens is 4. The van der Waals surface area contributed by atoms with Gasteiger partial charge in [-0.2, -0.15) is 0 Å². The van der Waals surface area contributed by atoms with Gasteiger partial charge in [0.1, 0.15) is 5.82 Å². The SMILES string of the molecule is CC(CNC(=O)CSc1nc(C2CC2)n(-c2ccccc2)n1)c1nc2ccccc2s1. The molecule has 6 nitrogen and oxygen atoms in total. The van der Waals surface area contributed by atoms with E-state index in [0.717, 1.165) is 34.9 Å². The lowest BCUT2D eigenvalue weighted by Crippen LogP contribution is -2.29. The molecule has 2 aromatic heterocycles. The number of carbonyl (C=O) groups excluding carboxylic acids is 1. The number of nitrogens with one attached hydrogen (secondary N) is 1. The van der Waals surface area contributed by atoms with Crippen LogP contribution in [0.15, 0.2) is 59.8 Å². The Morgan fingerprint density at radius 2 is 1.94 bits per heavy atom. The Kier molecular flexibility index (Phi) is 5.74. The van der Waals surface area contributed by atoms with Crippen LogP contribution < -0.4 is 5.32 Å². The molecule has 2 heterocycles. The van der Waals surface area contributed by atoms with Gasteiger partial charge in [-0.3, -0.25) is 4.79 Å². The third-order valence-electron chi connectivity index (χ3n) is 5.23. The van der Waals surface area contributed by atoms with Crippen molar-refractivity contribution in [1.82, 2.24) is 25.1 Å². The van der Waals surface area contributed by atoms with E-state index < -0.39 is 0 Å². The van der Waals surface area contributed by atoms with Crippen LogP contribution in [0.4, 0.5) is 0 Å². The topological polar surface area (TPSA) is 72.7 Å². The van der Waals surface area contributed by atoms with Crippen LogP contribution in [0.1, 0.15) is 42.4 Å². The predicted octanol–water partition coefficient (Wildman–Crippen LogP) is 4.77. The van der Waals surface area contributed by atoms with Crippen LogP contribution in [-0.4, -0.2) is 38.0 Å². The largest absolute Gasteiger partial charge is 0.355 e. The molecule has 8 heteroatoms. The van der Waals surface area contributed by atoms with Crippen molar-refractivity contribution < 1.29 is 4.79 Å². The highest BCUT2D eigenvalue weighted by Gasteiger charge is 2.30. The number of amides is 1. The lowest BCUT2D eigenvalue weighted by molar-refractivity contribution is -0.118. The first-order chi connectivity index (χ1) is 15.2. The normalized spacial score (nSPS) is 14.6. The molecule has 31 heavy (non-hydrogen) atoms. The number of fused-ring (bicyclic) bond motifs is 1. The summed E-state index contributed by atoms with van der Waals surface area (Å²) >= 11 is 3.07. The molecule has 1 unspecified atom stereocenters. The fourth-order valence-corrected chi connectivity index (χ4v) is 5.05. The van der Waals surface area contributed by atoms with E-state index in [1.807, 2.05) is 53.2 Å². The van der Waals surface area contributed by atoms with E-state index >= 15 is 0 Å². The number of thioether (sulfide) groups is 1. The molecule has 1 aliphatic carbocycles. The van der Waals surface area contributed by atoms with Crippen molar-refractivity contribution in [3.8, 4) is 5.69 Å². The smallest absolute Gasteiger partial charge is 0.230 e. The van der Waals surface area contributed by atoms with Crippen LogP contribution in [0.2, 0.25) is 0 Å². The zero-order valence-corrected chi connectivity index (χ0v) is 18.8. The molecular formula is C23H23N5OS2. The molecule has 0 saturated heterocycles. The van der Waals surface area contributed by atoms with E-state index in [-0.39, 0.29) is 11.8 Å². The Bertz CT molecular complexity index is 1170. The van der Waals surface area contributed by atoms with E-state index in [1.54, 1.807) is 11.3 Å². The van der Waals surface area contributed by atoms with Crippen LogP contribution >= 0.6 is 23.1 Å². The van der Waals surface area contributed by atoms with Crippen molar-refractivity contribution in [2.75, 3.05) is 12.3 Å². The number of carbonyl (C=O) groups is 1. The third-order valence-corrected chi connectivity index (χ3v) is 7.33. The molecule has 0 spiro atoms. The van der Waals surface area contributed by atoms with Gasteiger partial charge in [-0.25, -0.2) is 14.6 Å². The van der Waals surface area contributed by atoms with Gasteiger partial charge in [-0.05, 0) is 37.1 Å². The fraction of sp³-hybridized carbons (Fsp3) is 0.304. The summed E-state index contributed by atoms with van der Waals surface area (Å²) in [7, 11) is 0. The first-order valence-corrected chi connectivity index (χ1v) is 12.2. The van der Waals surface area contributed by atoms with Gasteiger partial charge < -0.3 is 5.32 Å². The monoisotopic (exact) mass is 449 g/mol. The summed E-state index contributed by atoms with van der Waals surface area (Å²) in [5.74, 6) is 1.93. The first kappa shape index (κ1) is 20.2. The average Bonchev–Trinajstić information content (AvgIpc) is 3.41. The van der Waals surface area contributed by atoms with Crippen LogP contribution in [0.5, 0.6) is 0 Å². The van der Waals surface area contributed by atoms with Crippen LogP contribution in [0.25, 0.3) is 15.9 Å². The summed E-state index contributed by atoms with van der Waals surface area (Å²) in [6, 6.07) is 18.2. The summed E-state index contributed by atoms with van der Waals surface area (Å²) in [5, 5.41) is 9.39. The number of para-hydroxylation sites is 2. The zero-order chi connectivity index (χ0) is 21.2. The molecule has 0 aliphatic heterocycles. The molecule has 5 rings (SSSR count). The lowest BCUT2D eigenvalue weighted by atomic mass is 10.2. The molecule has 158 valence electrons. The van der Waals surface area contributed by atoms with E-state index in [2.05, 4.69) is 28.4 Å². The maximum Gasteiger partial charge on any atom is 0.230 e. The van der Waals surface area contributed by atoms with E-state index in [9.17, 15) is 4.79 Å². The number of benzene rings is 2. The Hall–Kier alpha value is -2.71. The summed E-state index contributed by atoms with van der Waals surface area (Å²) in [6.45, 7) is 2.66. The number of thiazole rings is 1. The summed E-state index contributed by atoms with van der Waals surface area (Å²) in [5.41, 5.74) is 2.03. The number of rotatable bonds is 8. The summed E-state index contributed by atoms with van der Waals surface area (Å²) in [4.78, 5) is 21.8. The van der Waals surface area contributed by atoms with Gasteiger partial charge >= 0.3 is 0 Å². The van der Waals surface area contributed by atoms with Crippen molar-refractivity contribution in [2.24, 2.45) is 0 Å². The van der Waals surface area contributed by atoms with Gasteiger partial charge in [-0.1, -0.05) is 49.0 Å². The Balaban J connectivity index is 1.18. The Morgan fingerprint density at radius 1 is 1.16 bits per heavy atom. The maximum absolute atomic E-state index is 12.4. The molecule has 1 aliphatic rings. The zero-order valence-electron chi connectivity index (χ0n) is 17.2.